The predicted octanol–water partition coefficient (Wildman–Crippen LogP) is 4.21. The van der Waals surface area contributed by atoms with Gasteiger partial charge in [0.2, 0.25) is 0 Å². The van der Waals surface area contributed by atoms with Crippen molar-refractivity contribution in [1.29, 1.82) is 5.26 Å². The van der Waals surface area contributed by atoms with Gasteiger partial charge in [0.25, 0.3) is 5.91 Å². The summed E-state index contributed by atoms with van der Waals surface area (Å²) in [6.45, 7) is 2.18. The van der Waals surface area contributed by atoms with Crippen molar-refractivity contribution >= 4 is 12.1 Å². The Kier molecular flexibility index (Phi) is 6.17. The van der Waals surface area contributed by atoms with Crippen molar-refractivity contribution in [1.82, 2.24) is 5.43 Å². The number of benzene rings is 3. The van der Waals surface area contributed by atoms with E-state index in [1.54, 1.807) is 18.3 Å². The third kappa shape index (κ3) is 4.83. The van der Waals surface area contributed by atoms with Crippen LogP contribution in [0, 0.1) is 18.3 Å². The first kappa shape index (κ1) is 18.9. The van der Waals surface area contributed by atoms with E-state index in [1.165, 1.54) is 0 Å². The first-order chi connectivity index (χ1) is 13.7. The Balaban J connectivity index is 1.62. The van der Waals surface area contributed by atoms with Gasteiger partial charge in [-0.25, -0.2) is 5.43 Å². The smallest absolute Gasteiger partial charge is 0.271 e. The normalized spacial score (nSPS) is 10.4. The van der Waals surface area contributed by atoms with Gasteiger partial charge in [-0.2, -0.15) is 10.4 Å². The lowest BCUT2D eigenvalue weighted by atomic mass is 10.1. The van der Waals surface area contributed by atoms with Crippen LogP contribution in [0.4, 0.5) is 0 Å². The molecule has 5 heteroatoms. The Bertz CT molecular complexity index is 1050. The first-order valence-electron chi connectivity index (χ1n) is 8.77. The maximum atomic E-state index is 12.2. The Morgan fingerprint density at radius 2 is 1.89 bits per heavy atom. The van der Waals surface area contributed by atoms with Crippen molar-refractivity contribution in [2.45, 2.75) is 13.5 Å². The molecular weight excluding hydrogens is 350 g/mol. The molecule has 0 spiro atoms. The molecule has 3 aromatic carbocycles. The number of hydrogen-bond donors (Lipinski definition) is 1. The zero-order chi connectivity index (χ0) is 19.8. The number of nitrogens with zero attached hydrogens (tertiary/aromatic N) is 2. The Labute approximate surface area is 163 Å². The van der Waals surface area contributed by atoms with Crippen LogP contribution in [0.5, 0.6) is 5.75 Å². The van der Waals surface area contributed by atoms with Crippen molar-refractivity contribution in [3.8, 4) is 11.8 Å². The third-order valence-corrected chi connectivity index (χ3v) is 4.16. The van der Waals surface area contributed by atoms with Crippen molar-refractivity contribution in [2.24, 2.45) is 5.10 Å². The van der Waals surface area contributed by atoms with Crippen LogP contribution < -0.4 is 10.2 Å². The second kappa shape index (κ2) is 9.15. The summed E-state index contributed by atoms with van der Waals surface area (Å²) in [5, 5.41) is 13.2. The molecule has 0 bridgehead atoms. The van der Waals surface area contributed by atoms with Crippen LogP contribution in [0.3, 0.4) is 0 Å². The van der Waals surface area contributed by atoms with Crippen molar-refractivity contribution in [3.05, 3.63) is 101 Å². The Hall–Kier alpha value is -3.91. The average Bonchev–Trinajstić information content (AvgIpc) is 2.73. The zero-order valence-electron chi connectivity index (χ0n) is 15.4. The number of ether oxygens (including phenoxy) is 1. The van der Waals surface area contributed by atoms with Gasteiger partial charge in [0, 0.05) is 11.1 Å². The van der Waals surface area contributed by atoms with Crippen LogP contribution in [0.25, 0.3) is 0 Å². The molecule has 0 fully saturated rings. The summed E-state index contributed by atoms with van der Waals surface area (Å²) in [4.78, 5) is 12.2. The highest BCUT2D eigenvalue weighted by molar-refractivity contribution is 5.96. The second-order valence-corrected chi connectivity index (χ2v) is 6.14. The van der Waals surface area contributed by atoms with Crippen molar-refractivity contribution < 1.29 is 9.53 Å². The average molecular weight is 369 g/mol. The van der Waals surface area contributed by atoms with E-state index < -0.39 is 0 Å². The van der Waals surface area contributed by atoms with Gasteiger partial charge in [0.15, 0.2) is 0 Å². The summed E-state index contributed by atoms with van der Waals surface area (Å²) >= 11 is 0. The molecular formula is C23H19N3O2. The minimum absolute atomic E-state index is 0.255. The van der Waals surface area contributed by atoms with E-state index in [-0.39, 0.29) is 5.91 Å². The molecule has 0 saturated carbocycles. The minimum Gasteiger partial charge on any atom is -0.489 e. The number of hydrogen-bond acceptors (Lipinski definition) is 4. The second-order valence-electron chi connectivity index (χ2n) is 6.14. The minimum atomic E-state index is -0.255. The molecule has 0 saturated heterocycles. The molecule has 0 aliphatic carbocycles. The molecule has 3 aromatic rings. The van der Waals surface area contributed by atoms with E-state index in [4.69, 9.17) is 10.00 Å². The topological polar surface area (TPSA) is 74.5 Å². The largest absolute Gasteiger partial charge is 0.489 e. The van der Waals surface area contributed by atoms with Crippen LogP contribution in [0.15, 0.2) is 77.9 Å². The van der Waals surface area contributed by atoms with Gasteiger partial charge in [-0.3, -0.25) is 4.79 Å². The van der Waals surface area contributed by atoms with E-state index in [9.17, 15) is 4.79 Å². The van der Waals surface area contributed by atoms with Crippen LogP contribution in [-0.4, -0.2) is 12.1 Å². The number of rotatable bonds is 6. The fraction of sp³-hybridized carbons (Fsp3) is 0.0870. The number of carbonyl (C=O) groups excluding carboxylic acids is 1. The summed E-state index contributed by atoms with van der Waals surface area (Å²) in [6.07, 6.45) is 1.56. The van der Waals surface area contributed by atoms with Crippen LogP contribution >= 0.6 is 0 Å². The molecule has 0 radical (unpaired) electrons. The molecule has 138 valence electrons. The summed E-state index contributed by atoms with van der Waals surface area (Å²) in [6, 6.07) is 24.2. The highest BCUT2D eigenvalue weighted by Gasteiger charge is 2.06. The fourth-order valence-electron chi connectivity index (χ4n) is 2.65. The van der Waals surface area contributed by atoms with Crippen molar-refractivity contribution in [2.75, 3.05) is 0 Å². The lowest BCUT2D eigenvalue weighted by Gasteiger charge is -2.08. The monoisotopic (exact) mass is 369 g/mol. The van der Waals surface area contributed by atoms with E-state index in [2.05, 4.69) is 16.6 Å². The fourth-order valence-corrected chi connectivity index (χ4v) is 2.65. The standard InChI is InChI=1S/C23H19N3O2/c1-17-7-2-5-12-22(17)23(27)26-25-15-18-8-6-11-21(13-18)28-16-20-10-4-3-9-19(20)14-24/h2-13,15H,16H2,1H3,(H,26,27)/b25-15-. The third-order valence-electron chi connectivity index (χ3n) is 4.16. The van der Waals surface area contributed by atoms with E-state index in [0.29, 0.717) is 23.5 Å². The highest BCUT2D eigenvalue weighted by Crippen LogP contribution is 2.16. The molecule has 0 unspecified atom stereocenters. The molecule has 3 rings (SSSR count). The van der Waals surface area contributed by atoms with Gasteiger partial charge < -0.3 is 4.74 Å². The molecule has 28 heavy (non-hydrogen) atoms. The van der Waals surface area contributed by atoms with Gasteiger partial charge in [-0.15, -0.1) is 0 Å². The van der Waals surface area contributed by atoms with Gasteiger partial charge in [-0.05, 0) is 42.3 Å². The molecule has 0 aliphatic rings. The van der Waals surface area contributed by atoms with E-state index >= 15 is 0 Å². The van der Waals surface area contributed by atoms with Crippen molar-refractivity contribution in [3.63, 3.8) is 0 Å². The predicted molar refractivity (Wildman–Crippen MR) is 108 cm³/mol. The zero-order valence-corrected chi connectivity index (χ0v) is 15.4. The number of nitriles is 1. The molecule has 1 amide bonds. The molecule has 5 nitrogen and oxygen atoms in total. The van der Waals surface area contributed by atoms with Gasteiger partial charge >= 0.3 is 0 Å². The summed E-state index contributed by atoms with van der Waals surface area (Å²) < 4.78 is 5.79. The van der Waals surface area contributed by atoms with Gasteiger partial charge in [0.05, 0.1) is 17.8 Å². The lowest BCUT2D eigenvalue weighted by molar-refractivity contribution is 0.0954. The number of hydrazone groups is 1. The number of nitrogens with one attached hydrogen (secondary N) is 1. The SMILES string of the molecule is Cc1ccccc1C(=O)N/N=C\c1cccc(OCc2ccccc2C#N)c1. The summed E-state index contributed by atoms with van der Waals surface area (Å²) in [5.74, 6) is 0.400. The first-order valence-corrected chi connectivity index (χ1v) is 8.77. The number of amides is 1. The lowest BCUT2D eigenvalue weighted by Crippen LogP contribution is -2.18. The molecule has 0 aliphatic heterocycles. The number of carbonyl (C=O) groups is 1. The Morgan fingerprint density at radius 3 is 2.71 bits per heavy atom. The molecule has 0 aromatic heterocycles. The molecule has 0 atom stereocenters. The van der Waals surface area contributed by atoms with Gasteiger partial charge in [0.1, 0.15) is 12.4 Å². The van der Waals surface area contributed by atoms with E-state index in [0.717, 1.165) is 16.7 Å². The van der Waals surface area contributed by atoms with E-state index in [1.807, 2.05) is 67.6 Å². The van der Waals surface area contributed by atoms with Crippen LogP contribution in [0.2, 0.25) is 0 Å². The molecule has 0 heterocycles. The summed E-state index contributed by atoms with van der Waals surface area (Å²) in [7, 11) is 0. The van der Waals surface area contributed by atoms with Crippen LogP contribution in [0.1, 0.15) is 32.6 Å². The molecule has 1 N–H and O–H groups in total. The maximum Gasteiger partial charge on any atom is 0.271 e. The van der Waals surface area contributed by atoms with Crippen LogP contribution in [-0.2, 0) is 6.61 Å². The van der Waals surface area contributed by atoms with Gasteiger partial charge in [-0.1, -0.05) is 48.5 Å². The maximum absolute atomic E-state index is 12.2. The Morgan fingerprint density at radius 1 is 1.11 bits per heavy atom. The quantitative estimate of drug-likeness (QED) is 0.522. The summed E-state index contributed by atoms with van der Waals surface area (Å²) in [5.41, 5.74) is 6.23. The highest BCUT2D eigenvalue weighted by atomic mass is 16.5. The number of aryl methyl sites for hydroxylation is 1.